The molecular formula is C12H25NaO5S. The molecule has 0 aliphatic rings. The predicted octanol–water partition coefficient (Wildman–Crippen LogP) is 2.95. The van der Waals surface area contributed by atoms with Crippen molar-refractivity contribution in [1.82, 2.24) is 0 Å². The van der Waals surface area contributed by atoms with E-state index in [1.54, 1.807) is 0 Å². The summed E-state index contributed by atoms with van der Waals surface area (Å²) in [7, 11) is -4.67. The van der Waals surface area contributed by atoms with Gasteiger partial charge in [0.1, 0.15) is 0 Å². The first-order valence-corrected chi connectivity index (χ1v) is 9.36. The Hall–Kier alpha value is 0.540. The molecule has 110 valence electrons. The molecule has 0 spiro atoms. The molecule has 0 amide bonds. The van der Waals surface area contributed by atoms with Crippen molar-refractivity contribution < 1.29 is 22.3 Å². The summed E-state index contributed by atoms with van der Waals surface area (Å²) in [5, 5.41) is 0. The smallest absolute Gasteiger partial charge is 0.264 e. The molecule has 0 aliphatic heterocycles. The molecule has 0 aromatic carbocycles. The number of unbranched alkanes of at least 4 members (excludes halogenated alkanes) is 8. The van der Waals surface area contributed by atoms with Gasteiger partial charge in [0.25, 0.3) is 0 Å². The average molecular weight is 304 g/mol. The minimum absolute atomic E-state index is 0.480. The maximum absolute atomic E-state index is 10.7. The maximum atomic E-state index is 10.7. The van der Waals surface area contributed by atoms with Gasteiger partial charge in [-0.05, 0) is 0 Å². The van der Waals surface area contributed by atoms with E-state index in [-0.39, 0.29) is 0 Å². The van der Waals surface area contributed by atoms with Crippen molar-refractivity contribution in [2.24, 2.45) is 0 Å². The standard InChI is InChI=1S/C12H23O.Na.H2O4S/c1-2-3-4-5-6-7-8-9-10-11-12-13;;1-5(2,3)4/h2-11H2,1H3;;(H2,1,2,3,4). The van der Waals surface area contributed by atoms with Gasteiger partial charge in [0, 0.05) is 0 Å². The molecule has 5 nitrogen and oxygen atoms in total. The first kappa shape index (κ1) is 21.8. The third kappa shape index (κ3) is 38.1. The van der Waals surface area contributed by atoms with Crippen LogP contribution in [0.1, 0.15) is 71.1 Å². The Morgan fingerprint density at radius 2 is 1.21 bits per heavy atom. The van der Waals surface area contributed by atoms with Gasteiger partial charge in [-0.25, -0.2) is 0 Å². The summed E-state index contributed by atoms with van der Waals surface area (Å²) >= 11 is 0.751. The van der Waals surface area contributed by atoms with E-state index in [4.69, 9.17) is 17.5 Å². The monoisotopic (exact) mass is 304 g/mol. The molecule has 0 rings (SSSR count). The number of rotatable bonds is 10. The Bertz CT molecular complexity index is 295. The normalized spacial score (nSPS) is 10.8. The Balaban J connectivity index is 0. The van der Waals surface area contributed by atoms with Crippen LogP contribution in [0.2, 0.25) is 0 Å². The molecule has 0 aromatic rings. The fourth-order valence-electron chi connectivity index (χ4n) is 1.68. The van der Waals surface area contributed by atoms with E-state index in [2.05, 4.69) is 6.92 Å². The molecule has 0 bridgehead atoms. The SMILES string of the molecule is CCCCCCCCCCC[C](=O)[Na].O=S(=O)(O)O. The van der Waals surface area contributed by atoms with Crippen LogP contribution >= 0.6 is 0 Å². The van der Waals surface area contributed by atoms with Crippen LogP contribution in [0.25, 0.3) is 0 Å². The molecule has 2 N–H and O–H groups in total. The Morgan fingerprint density at radius 1 is 0.895 bits per heavy atom. The third-order valence-corrected chi connectivity index (χ3v) is 3.13. The van der Waals surface area contributed by atoms with Crippen LogP contribution in [-0.4, -0.2) is 48.5 Å². The fourth-order valence-corrected chi connectivity index (χ4v) is 2.04. The zero-order chi connectivity index (χ0) is 15.1. The van der Waals surface area contributed by atoms with Crippen molar-refractivity contribution in [3.05, 3.63) is 0 Å². The van der Waals surface area contributed by atoms with Crippen molar-refractivity contribution in [1.29, 1.82) is 0 Å². The molecule has 0 aliphatic carbocycles. The first-order valence-electron chi connectivity index (χ1n) is 6.96. The Morgan fingerprint density at radius 3 is 1.53 bits per heavy atom. The summed E-state index contributed by atoms with van der Waals surface area (Å²) in [6.07, 6.45) is 12.9. The van der Waals surface area contributed by atoms with Crippen molar-refractivity contribution in [3.63, 3.8) is 0 Å². The van der Waals surface area contributed by atoms with Crippen LogP contribution in [0.5, 0.6) is 0 Å². The fraction of sp³-hybridized carbons (Fsp3) is 0.917. The first-order chi connectivity index (χ1) is 8.77. The second-order valence-corrected chi connectivity index (χ2v) is 6.74. The van der Waals surface area contributed by atoms with Crippen molar-refractivity contribution in [3.8, 4) is 0 Å². The van der Waals surface area contributed by atoms with Gasteiger partial charge in [-0.2, -0.15) is 8.42 Å². The molecule has 0 heterocycles. The second kappa shape index (κ2) is 14.9. The van der Waals surface area contributed by atoms with Crippen LogP contribution in [-0.2, 0) is 15.2 Å². The van der Waals surface area contributed by atoms with Crippen LogP contribution in [0.15, 0.2) is 0 Å². The van der Waals surface area contributed by atoms with Gasteiger partial charge < -0.3 is 0 Å². The van der Waals surface area contributed by atoms with Gasteiger partial charge in [-0.3, -0.25) is 9.11 Å². The van der Waals surface area contributed by atoms with Crippen molar-refractivity contribution >= 4 is 41.4 Å². The zero-order valence-corrected chi connectivity index (χ0v) is 14.9. The molecule has 0 atom stereocenters. The summed E-state index contributed by atoms with van der Waals surface area (Å²) in [5.74, 6) is 0. The summed E-state index contributed by atoms with van der Waals surface area (Å²) < 4.78 is 32.1. The molecule has 0 saturated heterocycles. The van der Waals surface area contributed by atoms with Crippen molar-refractivity contribution in [2.45, 2.75) is 71.1 Å². The minimum Gasteiger partial charge on any atom is -0.264 e. The Kier molecular flexibility index (Phi) is 17.2. The van der Waals surface area contributed by atoms with Gasteiger partial charge in [0.15, 0.2) is 0 Å². The summed E-state index contributed by atoms with van der Waals surface area (Å²) in [5.41, 5.74) is 0. The molecule has 0 radical (unpaired) electrons. The second-order valence-electron chi connectivity index (χ2n) is 4.73. The molecular weight excluding hydrogens is 279 g/mol. The van der Waals surface area contributed by atoms with Crippen LogP contribution in [0, 0.1) is 0 Å². The van der Waals surface area contributed by atoms with Gasteiger partial charge >= 0.3 is 117 Å². The molecule has 0 unspecified atom stereocenters. The number of carbonyl (C=O) groups excluding carboxylic acids is 1. The summed E-state index contributed by atoms with van der Waals surface area (Å²) in [4.78, 5) is 10.7. The van der Waals surface area contributed by atoms with Gasteiger partial charge in [-0.1, -0.05) is 0 Å². The minimum atomic E-state index is -4.67. The van der Waals surface area contributed by atoms with Crippen LogP contribution in [0.4, 0.5) is 0 Å². The van der Waals surface area contributed by atoms with E-state index < -0.39 is 10.4 Å². The third-order valence-electron chi connectivity index (χ3n) is 2.63. The summed E-state index contributed by atoms with van der Waals surface area (Å²) in [6.45, 7) is 2.26. The molecule has 0 fully saturated rings. The van der Waals surface area contributed by atoms with Gasteiger partial charge in [-0.15, -0.1) is 0 Å². The zero-order valence-electron chi connectivity index (χ0n) is 12.1. The quantitative estimate of drug-likeness (QED) is 0.368. The largest absolute Gasteiger partial charge is 0.394 e. The average Bonchev–Trinajstić information content (AvgIpc) is 2.24. The van der Waals surface area contributed by atoms with Gasteiger partial charge in [0.2, 0.25) is 0 Å². The van der Waals surface area contributed by atoms with E-state index in [0.29, 0.717) is 3.03 Å². The van der Waals surface area contributed by atoms with E-state index in [9.17, 15) is 4.79 Å². The summed E-state index contributed by atoms with van der Waals surface area (Å²) in [6, 6.07) is 0. The molecule has 7 heteroatoms. The predicted molar refractivity (Wildman–Crippen MR) is 76.8 cm³/mol. The molecule has 0 aromatic heterocycles. The van der Waals surface area contributed by atoms with E-state index in [1.807, 2.05) is 0 Å². The topological polar surface area (TPSA) is 91.7 Å². The number of hydrogen-bond acceptors (Lipinski definition) is 3. The molecule has 0 saturated carbocycles. The van der Waals surface area contributed by atoms with E-state index in [1.165, 1.54) is 51.4 Å². The number of hydrogen-bond donors (Lipinski definition) is 2. The van der Waals surface area contributed by atoms with Crippen LogP contribution in [0.3, 0.4) is 0 Å². The van der Waals surface area contributed by atoms with E-state index in [0.717, 1.165) is 40.8 Å². The van der Waals surface area contributed by atoms with Crippen molar-refractivity contribution in [2.75, 3.05) is 0 Å². The maximum Gasteiger partial charge on any atom is 0.394 e. The number of carbonyl (C=O) groups is 1. The van der Waals surface area contributed by atoms with E-state index >= 15 is 0 Å². The van der Waals surface area contributed by atoms with Gasteiger partial charge in [0.05, 0.1) is 0 Å². The molecule has 19 heavy (non-hydrogen) atoms. The van der Waals surface area contributed by atoms with Crippen LogP contribution < -0.4 is 0 Å². The Labute approximate surface area is 134 Å².